The van der Waals surface area contributed by atoms with Crippen molar-refractivity contribution < 1.29 is 4.39 Å². The second kappa shape index (κ2) is 2.25. The van der Waals surface area contributed by atoms with Gasteiger partial charge in [0.05, 0.1) is 0 Å². The highest BCUT2D eigenvalue weighted by Crippen LogP contribution is 2.26. The van der Waals surface area contributed by atoms with E-state index in [9.17, 15) is 4.39 Å². The Bertz CT molecular complexity index is 91.6. The van der Waals surface area contributed by atoms with E-state index in [4.69, 9.17) is 5.73 Å². The molecule has 0 aliphatic carbocycles. The first-order valence-electron chi connectivity index (χ1n) is 3.29. The van der Waals surface area contributed by atoms with Crippen molar-refractivity contribution >= 4 is 0 Å². The highest BCUT2D eigenvalue weighted by atomic mass is 19.1. The Labute approximate surface area is 56.4 Å². The zero-order valence-electron chi connectivity index (χ0n) is 6.66. The fourth-order valence-electron chi connectivity index (χ4n) is 0.456. The van der Waals surface area contributed by atoms with E-state index in [0.717, 1.165) is 0 Å². The molecule has 1 nitrogen and oxygen atoms in total. The third kappa shape index (κ3) is 1.94. The number of hydrogen-bond donors (Lipinski definition) is 1. The van der Waals surface area contributed by atoms with Gasteiger partial charge in [-0.3, -0.25) is 0 Å². The lowest BCUT2D eigenvalue weighted by Crippen LogP contribution is -2.51. The van der Waals surface area contributed by atoms with Crippen molar-refractivity contribution in [3.8, 4) is 0 Å². The third-order valence-electron chi connectivity index (χ3n) is 2.01. The maximum absolute atomic E-state index is 13.2. The van der Waals surface area contributed by atoms with Gasteiger partial charge < -0.3 is 5.73 Å². The summed E-state index contributed by atoms with van der Waals surface area (Å²) in [5, 5.41) is 0. The summed E-state index contributed by atoms with van der Waals surface area (Å²) >= 11 is 0. The summed E-state index contributed by atoms with van der Waals surface area (Å²) in [7, 11) is 0. The monoisotopic (exact) mass is 133 g/mol. The Morgan fingerprint density at radius 2 is 1.67 bits per heavy atom. The summed E-state index contributed by atoms with van der Waals surface area (Å²) < 4.78 is 13.2. The molecule has 0 saturated carbocycles. The molecule has 0 radical (unpaired) electrons. The first kappa shape index (κ1) is 8.89. The second-order valence-electron chi connectivity index (χ2n) is 3.27. The van der Waals surface area contributed by atoms with Gasteiger partial charge in [-0.1, -0.05) is 6.92 Å². The molecule has 0 amide bonds. The maximum atomic E-state index is 13.2. The first-order chi connectivity index (χ1) is 3.81. The standard InChI is InChI=1S/C7H16FN/c1-5-7(4,8)6(2,3)9/h5,9H2,1-4H3. The van der Waals surface area contributed by atoms with Gasteiger partial charge in [0.25, 0.3) is 0 Å². The van der Waals surface area contributed by atoms with Crippen LogP contribution in [-0.2, 0) is 0 Å². The normalized spacial score (nSPS) is 19.3. The summed E-state index contributed by atoms with van der Waals surface area (Å²) in [5.74, 6) is 0. The van der Waals surface area contributed by atoms with Gasteiger partial charge in [0.2, 0.25) is 0 Å². The van der Waals surface area contributed by atoms with E-state index in [1.807, 2.05) is 0 Å². The fraction of sp³-hybridized carbons (Fsp3) is 1.00. The van der Waals surface area contributed by atoms with Crippen molar-refractivity contribution in [2.24, 2.45) is 5.73 Å². The average Bonchev–Trinajstić information content (AvgIpc) is 1.64. The van der Waals surface area contributed by atoms with Crippen LogP contribution in [0.25, 0.3) is 0 Å². The van der Waals surface area contributed by atoms with Gasteiger partial charge in [-0.2, -0.15) is 0 Å². The number of hydrogen-bond acceptors (Lipinski definition) is 1. The van der Waals surface area contributed by atoms with Crippen LogP contribution in [0.2, 0.25) is 0 Å². The summed E-state index contributed by atoms with van der Waals surface area (Å²) in [4.78, 5) is 0. The predicted octanol–water partition coefficient (Wildman–Crippen LogP) is 1.86. The Balaban J connectivity index is 4.14. The Morgan fingerprint density at radius 3 is 1.67 bits per heavy atom. The smallest absolute Gasteiger partial charge is 0.125 e. The molecule has 0 aromatic heterocycles. The topological polar surface area (TPSA) is 26.0 Å². The third-order valence-corrected chi connectivity index (χ3v) is 2.01. The zero-order chi connectivity index (χ0) is 7.71. The predicted molar refractivity (Wildman–Crippen MR) is 38.1 cm³/mol. The van der Waals surface area contributed by atoms with E-state index >= 15 is 0 Å². The molecule has 0 heterocycles. The van der Waals surface area contributed by atoms with Gasteiger partial charge in [0, 0.05) is 5.54 Å². The van der Waals surface area contributed by atoms with Crippen LogP contribution in [-0.4, -0.2) is 11.2 Å². The van der Waals surface area contributed by atoms with Crippen LogP contribution in [0.3, 0.4) is 0 Å². The van der Waals surface area contributed by atoms with Crippen LogP contribution in [0.4, 0.5) is 4.39 Å². The van der Waals surface area contributed by atoms with E-state index < -0.39 is 11.2 Å². The minimum atomic E-state index is -1.24. The summed E-state index contributed by atoms with van der Waals surface area (Å²) in [6.07, 6.45) is 0.469. The molecule has 0 aromatic carbocycles. The quantitative estimate of drug-likeness (QED) is 0.611. The number of rotatable bonds is 2. The van der Waals surface area contributed by atoms with Gasteiger partial charge in [0.1, 0.15) is 5.67 Å². The minimum absolute atomic E-state index is 0.469. The van der Waals surface area contributed by atoms with Crippen LogP contribution in [0.1, 0.15) is 34.1 Å². The molecule has 0 rings (SSSR count). The molecule has 0 aliphatic rings. The highest BCUT2D eigenvalue weighted by Gasteiger charge is 2.36. The van der Waals surface area contributed by atoms with E-state index in [1.165, 1.54) is 6.92 Å². The molecule has 0 spiro atoms. The van der Waals surface area contributed by atoms with Crippen LogP contribution < -0.4 is 5.73 Å². The van der Waals surface area contributed by atoms with Crippen molar-refractivity contribution in [3.05, 3.63) is 0 Å². The van der Waals surface area contributed by atoms with Crippen molar-refractivity contribution in [2.75, 3.05) is 0 Å². The van der Waals surface area contributed by atoms with Gasteiger partial charge in [-0.15, -0.1) is 0 Å². The molecule has 1 atom stereocenters. The number of nitrogens with two attached hydrogens (primary N) is 1. The van der Waals surface area contributed by atoms with Gasteiger partial charge >= 0.3 is 0 Å². The molecule has 0 bridgehead atoms. The van der Waals surface area contributed by atoms with E-state index in [0.29, 0.717) is 6.42 Å². The van der Waals surface area contributed by atoms with Gasteiger partial charge in [-0.25, -0.2) is 4.39 Å². The molecular weight excluding hydrogens is 117 g/mol. The molecule has 2 N–H and O–H groups in total. The minimum Gasteiger partial charge on any atom is -0.323 e. The summed E-state index contributed by atoms with van der Waals surface area (Å²) in [6, 6.07) is 0. The van der Waals surface area contributed by atoms with Crippen LogP contribution in [0.5, 0.6) is 0 Å². The van der Waals surface area contributed by atoms with Gasteiger partial charge in [0.15, 0.2) is 0 Å². The fourth-order valence-corrected chi connectivity index (χ4v) is 0.456. The molecule has 0 fully saturated rings. The molecule has 0 saturated heterocycles. The number of alkyl halides is 1. The second-order valence-corrected chi connectivity index (χ2v) is 3.27. The van der Waals surface area contributed by atoms with Crippen molar-refractivity contribution in [2.45, 2.75) is 45.3 Å². The highest BCUT2D eigenvalue weighted by molar-refractivity contribution is 4.92. The molecule has 56 valence electrons. The Hall–Kier alpha value is -0.110. The van der Waals surface area contributed by atoms with E-state index in [1.54, 1.807) is 20.8 Å². The SMILES string of the molecule is CCC(C)(F)C(C)(C)N. The van der Waals surface area contributed by atoms with Crippen molar-refractivity contribution in [3.63, 3.8) is 0 Å². The lowest BCUT2D eigenvalue weighted by molar-refractivity contribution is 0.0924. The lowest BCUT2D eigenvalue weighted by atomic mass is 9.85. The van der Waals surface area contributed by atoms with Crippen LogP contribution >= 0.6 is 0 Å². The van der Waals surface area contributed by atoms with Gasteiger partial charge in [-0.05, 0) is 27.2 Å². The van der Waals surface area contributed by atoms with Crippen molar-refractivity contribution in [1.82, 2.24) is 0 Å². The van der Waals surface area contributed by atoms with Crippen molar-refractivity contribution in [1.29, 1.82) is 0 Å². The molecule has 9 heavy (non-hydrogen) atoms. The molecular formula is C7H16FN. The average molecular weight is 133 g/mol. The maximum Gasteiger partial charge on any atom is 0.125 e. The van der Waals surface area contributed by atoms with E-state index in [2.05, 4.69) is 0 Å². The molecule has 2 heteroatoms. The summed E-state index contributed by atoms with van der Waals surface area (Å²) in [5.41, 5.74) is 3.59. The first-order valence-corrected chi connectivity index (χ1v) is 3.29. The van der Waals surface area contributed by atoms with Crippen LogP contribution in [0, 0.1) is 0 Å². The molecule has 1 unspecified atom stereocenters. The van der Waals surface area contributed by atoms with Crippen LogP contribution in [0.15, 0.2) is 0 Å². The Kier molecular flexibility index (Phi) is 2.23. The number of halogens is 1. The largest absolute Gasteiger partial charge is 0.323 e. The Morgan fingerprint density at radius 1 is 1.33 bits per heavy atom. The van der Waals surface area contributed by atoms with E-state index in [-0.39, 0.29) is 0 Å². The summed E-state index contributed by atoms with van der Waals surface area (Å²) in [6.45, 7) is 6.74. The molecule has 0 aromatic rings. The zero-order valence-corrected chi connectivity index (χ0v) is 6.66. The lowest BCUT2D eigenvalue weighted by Gasteiger charge is -2.33. The molecule has 0 aliphatic heterocycles.